The quantitative estimate of drug-likeness (QED) is 0.0589. The number of rotatable bonds is 11. The summed E-state index contributed by atoms with van der Waals surface area (Å²) in [6.45, 7) is 5.94. The first-order valence-corrected chi connectivity index (χ1v) is 14.4. The number of aliphatic imine (C=N–C) groups is 1. The van der Waals surface area contributed by atoms with Crippen LogP contribution in [0.2, 0.25) is 0 Å². The number of H-pyrrole nitrogens is 1. The van der Waals surface area contributed by atoms with Gasteiger partial charge in [0.2, 0.25) is 0 Å². The maximum absolute atomic E-state index is 15.0. The van der Waals surface area contributed by atoms with E-state index in [1.165, 1.54) is 18.2 Å². The molecule has 7 nitrogen and oxygen atoms in total. The van der Waals surface area contributed by atoms with Gasteiger partial charge in [0.25, 0.3) is 0 Å². The fraction of sp³-hybridized carbons (Fsp3) is 0.273. The molecule has 224 valence electrons. The fourth-order valence-electron chi connectivity index (χ4n) is 4.75. The van der Waals surface area contributed by atoms with Crippen LogP contribution < -0.4 is 16.2 Å². The van der Waals surface area contributed by atoms with E-state index < -0.39 is 28.5 Å². The zero-order valence-corrected chi connectivity index (χ0v) is 25.8. The van der Waals surface area contributed by atoms with Crippen molar-refractivity contribution in [3.63, 3.8) is 0 Å². The second kappa shape index (κ2) is 13.1. The van der Waals surface area contributed by atoms with Gasteiger partial charge in [-0.1, -0.05) is 34.0 Å². The highest BCUT2D eigenvalue weighted by Crippen LogP contribution is 2.35. The molecule has 0 aliphatic rings. The first-order chi connectivity index (χ1) is 20.4. The van der Waals surface area contributed by atoms with E-state index in [1.807, 2.05) is 45.0 Å². The standard InChI is InChI=1S/C33H34BrF2N5O2/c1-5-32(2,3)42-15-7-13-33(4,20-8-6-9-21(34)16-20)31(39)41-30(38)24-17-22(10-11-26(24)35)43-29-25(19-37)23-12-14-40-28(23)18-27(29)36/h1,6,8-12,14,16-18,40H,7,13,15,19,37H2,2-4H3,(H3,38,39,41). The molecule has 0 amide bonds. The molecule has 0 saturated heterocycles. The van der Waals surface area contributed by atoms with Gasteiger partial charge in [0.1, 0.15) is 23.0 Å². The third-order valence-corrected chi connectivity index (χ3v) is 7.87. The normalized spacial score (nSPS) is 13.5. The van der Waals surface area contributed by atoms with Crippen molar-refractivity contribution in [3.05, 3.63) is 93.6 Å². The predicted octanol–water partition coefficient (Wildman–Crippen LogP) is 7.31. The van der Waals surface area contributed by atoms with Gasteiger partial charge in [-0.25, -0.2) is 13.8 Å². The Hall–Kier alpha value is -4.04. The van der Waals surface area contributed by atoms with Gasteiger partial charge in [-0.2, -0.15) is 0 Å². The van der Waals surface area contributed by atoms with E-state index in [-0.39, 0.29) is 29.4 Å². The highest BCUT2D eigenvalue weighted by Gasteiger charge is 2.32. The third-order valence-electron chi connectivity index (χ3n) is 7.37. The van der Waals surface area contributed by atoms with Crippen molar-refractivity contribution in [3.8, 4) is 23.8 Å². The van der Waals surface area contributed by atoms with Gasteiger partial charge < -0.3 is 25.9 Å². The summed E-state index contributed by atoms with van der Waals surface area (Å²) in [5.41, 5.74) is 12.7. The Labute approximate surface area is 258 Å². The summed E-state index contributed by atoms with van der Waals surface area (Å²) >= 11 is 3.51. The first-order valence-electron chi connectivity index (χ1n) is 13.7. The molecule has 4 aromatic rings. The Kier molecular flexibility index (Phi) is 9.70. The van der Waals surface area contributed by atoms with Crippen molar-refractivity contribution in [1.29, 1.82) is 5.41 Å². The summed E-state index contributed by atoms with van der Waals surface area (Å²) in [4.78, 5) is 7.31. The van der Waals surface area contributed by atoms with E-state index in [9.17, 15) is 4.39 Å². The minimum atomic E-state index is -0.824. The van der Waals surface area contributed by atoms with Crippen LogP contribution in [0.4, 0.5) is 8.78 Å². The molecule has 4 rings (SSSR count). The second-order valence-electron chi connectivity index (χ2n) is 10.8. The lowest BCUT2D eigenvalue weighted by molar-refractivity contribution is 0.0238. The lowest BCUT2D eigenvalue weighted by Gasteiger charge is -2.30. The first kappa shape index (κ1) is 31.9. The van der Waals surface area contributed by atoms with Gasteiger partial charge in [-0.15, -0.1) is 6.42 Å². The third kappa shape index (κ3) is 7.13. The van der Waals surface area contributed by atoms with E-state index in [0.29, 0.717) is 35.9 Å². The van der Waals surface area contributed by atoms with E-state index in [0.717, 1.165) is 16.1 Å². The molecule has 0 aliphatic heterocycles. The second-order valence-corrected chi connectivity index (χ2v) is 11.8. The van der Waals surface area contributed by atoms with Gasteiger partial charge in [0, 0.05) is 46.4 Å². The van der Waals surface area contributed by atoms with Crippen molar-refractivity contribution < 1.29 is 18.3 Å². The van der Waals surface area contributed by atoms with Crippen LogP contribution in [0, 0.1) is 29.4 Å². The lowest BCUT2D eigenvalue weighted by Crippen LogP contribution is -2.40. The Morgan fingerprint density at radius 3 is 2.58 bits per heavy atom. The number of fused-ring (bicyclic) bond motifs is 1. The molecule has 0 spiro atoms. The summed E-state index contributed by atoms with van der Waals surface area (Å²) in [6.07, 6.45) is 8.33. The summed E-state index contributed by atoms with van der Waals surface area (Å²) < 4.78 is 42.6. The highest BCUT2D eigenvalue weighted by atomic mass is 79.9. The van der Waals surface area contributed by atoms with E-state index in [2.05, 4.69) is 31.8 Å². The van der Waals surface area contributed by atoms with Crippen LogP contribution in [0.3, 0.4) is 0 Å². The maximum Gasteiger partial charge on any atom is 0.168 e. The minimum Gasteiger partial charge on any atom is -0.454 e. The number of hydrogen-bond acceptors (Lipinski definition) is 4. The number of nitrogens with two attached hydrogens (primary N) is 2. The van der Waals surface area contributed by atoms with E-state index >= 15 is 4.39 Å². The molecule has 3 aromatic carbocycles. The number of halogens is 3. The SMILES string of the molecule is C#CC(C)(C)OCCCC(C)(C(N)=NC(=N)c1cc(Oc2c(F)cc3[nH]ccc3c2CN)ccc1F)c1cccc(Br)c1. The van der Waals surface area contributed by atoms with E-state index in [1.54, 1.807) is 12.3 Å². The Morgan fingerprint density at radius 1 is 1.12 bits per heavy atom. The van der Waals surface area contributed by atoms with Gasteiger partial charge in [0.05, 0.1) is 11.0 Å². The van der Waals surface area contributed by atoms with Crippen molar-refractivity contribution in [2.24, 2.45) is 16.5 Å². The fourth-order valence-corrected chi connectivity index (χ4v) is 5.15. The molecule has 0 fully saturated rings. The van der Waals surface area contributed by atoms with Crippen LogP contribution in [0.5, 0.6) is 11.5 Å². The molecule has 6 N–H and O–H groups in total. The molecule has 1 aromatic heterocycles. The number of aromatic amines is 1. The Bertz CT molecular complexity index is 1730. The van der Waals surface area contributed by atoms with Crippen LogP contribution >= 0.6 is 15.9 Å². The van der Waals surface area contributed by atoms with Crippen LogP contribution in [-0.4, -0.2) is 28.9 Å². The molecule has 0 aliphatic carbocycles. The minimum absolute atomic E-state index is 0.0194. The largest absolute Gasteiger partial charge is 0.454 e. The number of benzene rings is 3. The zero-order chi connectivity index (χ0) is 31.4. The summed E-state index contributed by atoms with van der Waals surface area (Å²) in [5.74, 6) is 1.02. The van der Waals surface area contributed by atoms with Crippen molar-refractivity contribution in [1.82, 2.24) is 4.98 Å². The number of ether oxygens (including phenoxy) is 2. The number of amidine groups is 2. The topological polar surface area (TPSA) is 123 Å². The van der Waals surface area contributed by atoms with E-state index in [4.69, 9.17) is 32.8 Å². The molecule has 0 radical (unpaired) electrons. The molecule has 0 bridgehead atoms. The Balaban J connectivity index is 1.64. The van der Waals surface area contributed by atoms with Crippen LogP contribution in [-0.2, 0) is 16.7 Å². The van der Waals surface area contributed by atoms with Gasteiger partial charge in [-0.05, 0) is 75.6 Å². The monoisotopic (exact) mass is 649 g/mol. The van der Waals surface area contributed by atoms with Crippen molar-refractivity contribution in [2.45, 2.75) is 51.2 Å². The summed E-state index contributed by atoms with van der Waals surface area (Å²) in [6, 6.07) is 14.5. The van der Waals surface area contributed by atoms with Gasteiger partial charge in [-0.3, -0.25) is 5.41 Å². The van der Waals surface area contributed by atoms with Crippen molar-refractivity contribution in [2.75, 3.05) is 6.61 Å². The molecule has 1 unspecified atom stereocenters. The van der Waals surface area contributed by atoms with Gasteiger partial charge >= 0.3 is 0 Å². The number of nitrogens with one attached hydrogen (secondary N) is 2. The van der Waals surface area contributed by atoms with Crippen LogP contribution in [0.1, 0.15) is 50.3 Å². The smallest absolute Gasteiger partial charge is 0.168 e. The molecule has 0 saturated carbocycles. The number of terminal acetylenes is 1. The van der Waals surface area contributed by atoms with Crippen LogP contribution in [0.15, 0.2) is 70.3 Å². The molecular weight excluding hydrogens is 616 g/mol. The lowest BCUT2D eigenvalue weighted by atomic mass is 9.77. The number of aromatic nitrogens is 1. The van der Waals surface area contributed by atoms with Gasteiger partial charge in [0.15, 0.2) is 17.4 Å². The average molecular weight is 651 g/mol. The Morgan fingerprint density at radius 2 is 1.88 bits per heavy atom. The predicted molar refractivity (Wildman–Crippen MR) is 171 cm³/mol. The molecular formula is C33H34BrF2N5O2. The molecule has 1 heterocycles. The van der Waals surface area contributed by atoms with Crippen LogP contribution in [0.25, 0.3) is 10.9 Å². The summed E-state index contributed by atoms with van der Waals surface area (Å²) in [5, 5.41) is 9.39. The number of nitrogens with zero attached hydrogens (tertiary/aromatic N) is 1. The summed E-state index contributed by atoms with van der Waals surface area (Å²) in [7, 11) is 0. The average Bonchev–Trinajstić information content (AvgIpc) is 3.44. The highest BCUT2D eigenvalue weighted by molar-refractivity contribution is 9.10. The maximum atomic E-state index is 15.0. The van der Waals surface area contributed by atoms with Crippen molar-refractivity contribution >= 4 is 38.5 Å². The molecule has 43 heavy (non-hydrogen) atoms. The molecule has 10 heteroatoms. The number of hydrogen-bond donors (Lipinski definition) is 4. The zero-order valence-electron chi connectivity index (χ0n) is 24.2. The molecule has 1 atom stereocenters.